The number of carboxylic acid groups (broad SMARTS) is 1. The molecule has 0 aromatic rings. The summed E-state index contributed by atoms with van der Waals surface area (Å²) in [5, 5.41) is 8.21. The van der Waals surface area contributed by atoms with Crippen LogP contribution in [0, 0.1) is 6.08 Å². The maximum atomic E-state index is 9.99. The van der Waals surface area contributed by atoms with Gasteiger partial charge in [-0.05, 0) is 12.8 Å². The molecule has 2 nitrogen and oxygen atoms in total. The summed E-state index contributed by atoms with van der Waals surface area (Å²) in [6.45, 7) is 2.18. The van der Waals surface area contributed by atoms with Crippen molar-refractivity contribution < 1.29 is 9.90 Å². The minimum atomic E-state index is -0.969. The minimum Gasteiger partial charge on any atom is -0.478 e. The average Bonchev–Trinajstić information content (AvgIpc) is 2.02. The van der Waals surface area contributed by atoms with Crippen LogP contribution >= 0.6 is 0 Å². The lowest BCUT2D eigenvalue weighted by Crippen LogP contribution is -1.86. The molecule has 0 heterocycles. The van der Waals surface area contributed by atoms with E-state index in [1.807, 2.05) is 0 Å². The van der Waals surface area contributed by atoms with Crippen molar-refractivity contribution in [3.8, 4) is 0 Å². The van der Waals surface area contributed by atoms with Gasteiger partial charge in [-0.15, -0.1) is 0 Å². The molecule has 0 saturated heterocycles. The topological polar surface area (TPSA) is 37.3 Å². The Hall–Kier alpha value is -0.790. The number of hydrogen-bond donors (Lipinski definition) is 1. The van der Waals surface area contributed by atoms with Crippen molar-refractivity contribution >= 4 is 5.97 Å². The summed E-state index contributed by atoms with van der Waals surface area (Å²) in [5.74, 6) is -0.969. The predicted octanol–water partition coefficient (Wildman–Crippen LogP) is 2.79. The molecule has 0 aliphatic carbocycles. The van der Waals surface area contributed by atoms with Crippen molar-refractivity contribution in [2.75, 3.05) is 0 Å². The molecule has 0 aromatic carbocycles. The van der Waals surface area contributed by atoms with Crippen molar-refractivity contribution in [1.82, 2.24) is 0 Å². The van der Waals surface area contributed by atoms with Crippen molar-refractivity contribution in [3.63, 3.8) is 0 Å². The van der Waals surface area contributed by atoms with Gasteiger partial charge in [0.1, 0.15) is 0 Å². The van der Waals surface area contributed by atoms with Crippen LogP contribution in [-0.2, 0) is 4.79 Å². The zero-order valence-electron chi connectivity index (χ0n) is 7.68. The molecule has 0 spiro atoms. The fourth-order valence-corrected chi connectivity index (χ4v) is 1.01. The highest BCUT2D eigenvalue weighted by Gasteiger charge is 1.88. The fraction of sp³-hybridized carbons (Fsp3) is 0.700. The number of carbonyl (C=O) groups is 1. The highest BCUT2D eigenvalue weighted by molar-refractivity contribution is 5.75. The maximum absolute atomic E-state index is 9.99. The first-order chi connectivity index (χ1) is 5.77. The summed E-state index contributed by atoms with van der Waals surface area (Å²) in [6.07, 6.45) is 10.8. The van der Waals surface area contributed by atoms with E-state index in [4.69, 9.17) is 5.11 Å². The van der Waals surface area contributed by atoms with Gasteiger partial charge in [0.15, 0.2) is 0 Å². The van der Waals surface area contributed by atoms with Gasteiger partial charge in [0, 0.05) is 0 Å². The molecule has 0 rings (SSSR count). The van der Waals surface area contributed by atoms with Crippen LogP contribution in [0.1, 0.15) is 45.4 Å². The first-order valence-corrected chi connectivity index (χ1v) is 4.58. The molecular formula is C10H17O2. The predicted molar refractivity (Wildman–Crippen MR) is 48.8 cm³/mol. The highest BCUT2D eigenvalue weighted by atomic mass is 16.4. The van der Waals surface area contributed by atoms with E-state index >= 15 is 0 Å². The SMILES string of the molecule is CCCCCCC/C=[C]\C(=O)O. The Balaban J connectivity index is 3.05. The van der Waals surface area contributed by atoms with Crippen molar-refractivity contribution in [1.29, 1.82) is 0 Å². The number of aliphatic carboxylic acids is 1. The Morgan fingerprint density at radius 2 is 2.00 bits per heavy atom. The van der Waals surface area contributed by atoms with E-state index in [9.17, 15) is 4.79 Å². The number of carboxylic acids is 1. The van der Waals surface area contributed by atoms with Gasteiger partial charge in [-0.2, -0.15) is 0 Å². The first-order valence-electron chi connectivity index (χ1n) is 4.58. The summed E-state index contributed by atoms with van der Waals surface area (Å²) in [4.78, 5) is 9.99. The van der Waals surface area contributed by atoms with Gasteiger partial charge in [-0.3, -0.25) is 0 Å². The molecule has 69 valence electrons. The maximum Gasteiger partial charge on any atom is 0.336 e. The molecule has 0 aliphatic rings. The van der Waals surface area contributed by atoms with Gasteiger partial charge in [0.05, 0.1) is 6.08 Å². The minimum absolute atomic E-state index is 0.843. The third-order valence-electron chi connectivity index (χ3n) is 1.68. The zero-order valence-corrected chi connectivity index (χ0v) is 7.68. The van der Waals surface area contributed by atoms with Crippen LogP contribution in [0.4, 0.5) is 0 Å². The second-order valence-electron chi connectivity index (χ2n) is 2.86. The molecule has 2 heteroatoms. The van der Waals surface area contributed by atoms with Crippen molar-refractivity contribution in [2.45, 2.75) is 45.4 Å². The second kappa shape index (κ2) is 8.31. The Kier molecular flexibility index (Phi) is 7.76. The molecule has 1 N–H and O–H groups in total. The summed E-state index contributed by atoms with van der Waals surface area (Å²) in [7, 11) is 0. The van der Waals surface area contributed by atoms with E-state index in [1.165, 1.54) is 25.7 Å². The first kappa shape index (κ1) is 11.2. The Labute approximate surface area is 74.3 Å². The van der Waals surface area contributed by atoms with Gasteiger partial charge >= 0.3 is 5.97 Å². The van der Waals surface area contributed by atoms with Gasteiger partial charge in [-0.25, -0.2) is 4.79 Å². The smallest absolute Gasteiger partial charge is 0.336 e. The molecule has 0 aromatic heterocycles. The molecule has 0 bridgehead atoms. The number of hydrogen-bond acceptors (Lipinski definition) is 1. The summed E-state index contributed by atoms with van der Waals surface area (Å²) < 4.78 is 0. The van der Waals surface area contributed by atoms with E-state index in [0.717, 1.165) is 12.8 Å². The average molecular weight is 169 g/mol. The van der Waals surface area contributed by atoms with Gasteiger partial charge < -0.3 is 5.11 Å². The molecule has 0 unspecified atom stereocenters. The quantitative estimate of drug-likeness (QED) is 0.470. The Morgan fingerprint density at radius 1 is 1.33 bits per heavy atom. The molecule has 0 aliphatic heterocycles. The lowest BCUT2D eigenvalue weighted by molar-refractivity contribution is -0.132. The third kappa shape index (κ3) is 9.21. The Morgan fingerprint density at radius 3 is 2.58 bits per heavy atom. The van der Waals surface area contributed by atoms with Crippen LogP contribution in [-0.4, -0.2) is 11.1 Å². The van der Waals surface area contributed by atoms with Gasteiger partial charge in [0.2, 0.25) is 0 Å². The molecule has 0 fully saturated rings. The van der Waals surface area contributed by atoms with Gasteiger partial charge in [0.25, 0.3) is 0 Å². The standard InChI is InChI=1S/C10H17O2/c1-2-3-4-5-6-7-8-9-10(11)12/h8H,2-7H2,1H3,(H,11,12). The van der Waals surface area contributed by atoms with Crippen LogP contribution in [0.15, 0.2) is 6.08 Å². The van der Waals surface area contributed by atoms with E-state index in [-0.39, 0.29) is 0 Å². The molecule has 1 radical (unpaired) electrons. The van der Waals surface area contributed by atoms with E-state index in [2.05, 4.69) is 13.0 Å². The second-order valence-corrected chi connectivity index (χ2v) is 2.86. The third-order valence-corrected chi connectivity index (χ3v) is 1.68. The highest BCUT2D eigenvalue weighted by Crippen LogP contribution is 2.04. The Bertz CT molecular complexity index is 139. The van der Waals surface area contributed by atoms with Crippen LogP contribution in [0.5, 0.6) is 0 Å². The van der Waals surface area contributed by atoms with Crippen molar-refractivity contribution in [2.24, 2.45) is 0 Å². The number of allylic oxidation sites excluding steroid dienone is 1. The van der Waals surface area contributed by atoms with Crippen LogP contribution < -0.4 is 0 Å². The monoisotopic (exact) mass is 169 g/mol. The summed E-state index contributed by atoms with van der Waals surface area (Å²) >= 11 is 0. The van der Waals surface area contributed by atoms with Crippen molar-refractivity contribution in [3.05, 3.63) is 12.2 Å². The summed E-state index contributed by atoms with van der Waals surface area (Å²) in [6, 6.07) is 0. The normalized spacial score (nSPS) is 10.8. The van der Waals surface area contributed by atoms with E-state index < -0.39 is 5.97 Å². The number of rotatable bonds is 7. The number of unbranched alkanes of at least 4 members (excludes halogenated alkanes) is 5. The largest absolute Gasteiger partial charge is 0.478 e. The summed E-state index contributed by atoms with van der Waals surface area (Å²) in [5.41, 5.74) is 0. The van der Waals surface area contributed by atoms with E-state index in [1.54, 1.807) is 6.08 Å². The molecule has 0 amide bonds. The lowest BCUT2D eigenvalue weighted by atomic mass is 10.1. The van der Waals surface area contributed by atoms with Crippen LogP contribution in [0.25, 0.3) is 0 Å². The van der Waals surface area contributed by atoms with E-state index in [0.29, 0.717) is 0 Å². The molecular weight excluding hydrogens is 152 g/mol. The molecule has 0 atom stereocenters. The fourth-order valence-electron chi connectivity index (χ4n) is 1.01. The molecule has 12 heavy (non-hydrogen) atoms. The van der Waals surface area contributed by atoms with Crippen LogP contribution in [0.2, 0.25) is 0 Å². The lowest BCUT2D eigenvalue weighted by Gasteiger charge is -1.95. The van der Waals surface area contributed by atoms with Gasteiger partial charge in [-0.1, -0.05) is 38.7 Å². The molecule has 0 saturated carbocycles. The zero-order chi connectivity index (χ0) is 9.23. The van der Waals surface area contributed by atoms with Crippen LogP contribution in [0.3, 0.4) is 0 Å².